The molecule has 0 bridgehead atoms. The number of hydrogen-bond donors (Lipinski definition) is 1. The predicted octanol–water partition coefficient (Wildman–Crippen LogP) is 3.59. The van der Waals surface area contributed by atoms with E-state index in [4.69, 9.17) is 21.7 Å². The molecular formula is C15H17FN2O2S. The molecule has 1 saturated carbocycles. The molecule has 0 radical (unpaired) electrons. The lowest BCUT2D eigenvalue weighted by atomic mass is 10.1. The predicted molar refractivity (Wildman–Crippen MR) is 79.8 cm³/mol. The van der Waals surface area contributed by atoms with Crippen molar-refractivity contribution in [2.75, 3.05) is 13.7 Å². The largest absolute Gasteiger partial charge is 0.494 e. The van der Waals surface area contributed by atoms with Gasteiger partial charge in [-0.25, -0.2) is 4.39 Å². The van der Waals surface area contributed by atoms with Crippen LogP contribution >= 0.6 is 12.2 Å². The van der Waals surface area contributed by atoms with Crippen LogP contribution in [0.3, 0.4) is 0 Å². The Labute approximate surface area is 126 Å². The van der Waals surface area contributed by atoms with Crippen molar-refractivity contribution in [2.24, 2.45) is 5.92 Å². The molecule has 1 saturated heterocycles. The second-order valence-corrected chi connectivity index (χ2v) is 6.22. The average Bonchev–Trinajstić information content (AvgIpc) is 3.11. The molecule has 2 aromatic rings. The number of fused-ring (bicyclic) bond motifs is 1. The summed E-state index contributed by atoms with van der Waals surface area (Å²) in [6, 6.07) is 3.40. The lowest BCUT2D eigenvalue weighted by Crippen LogP contribution is -2.22. The summed E-state index contributed by atoms with van der Waals surface area (Å²) in [6.07, 6.45) is 3.64. The SMILES string of the molecule is COc1cc2c(cc1F)[nH]c(=S)n2C1CCOC1C1CC1. The van der Waals surface area contributed by atoms with Crippen molar-refractivity contribution in [2.45, 2.75) is 31.4 Å². The van der Waals surface area contributed by atoms with Gasteiger partial charge in [0.05, 0.1) is 30.3 Å². The smallest absolute Gasteiger partial charge is 0.178 e. The second-order valence-electron chi connectivity index (χ2n) is 5.83. The number of H-pyrrole nitrogens is 1. The number of nitrogens with zero attached hydrogens (tertiary/aromatic N) is 1. The number of methoxy groups -OCH3 is 1. The second kappa shape index (κ2) is 4.81. The summed E-state index contributed by atoms with van der Waals surface area (Å²) < 4.78 is 27.6. The summed E-state index contributed by atoms with van der Waals surface area (Å²) in [5, 5.41) is 0. The molecule has 4 rings (SSSR count). The number of rotatable bonds is 3. The first-order valence-corrected chi connectivity index (χ1v) is 7.69. The third-order valence-corrected chi connectivity index (χ3v) is 4.81. The van der Waals surface area contributed by atoms with E-state index in [9.17, 15) is 4.39 Å². The molecule has 2 atom stereocenters. The Kier molecular flexibility index (Phi) is 3.04. The quantitative estimate of drug-likeness (QED) is 0.881. The number of nitrogens with one attached hydrogen (secondary N) is 1. The molecule has 1 aromatic carbocycles. The van der Waals surface area contributed by atoms with Crippen molar-refractivity contribution in [1.29, 1.82) is 0 Å². The van der Waals surface area contributed by atoms with E-state index in [1.807, 2.05) is 0 Å². The van der Waals surface area contributed by atoms with Crippen molar-refractivity contribution in [3.63, 3.8) is 0 Å². The zero-order chi connectivity index (χ0) is 14.6. The summed E-state index contributed by atoms with van der Waals surface area (Å²) in [5.41, 5.74) is 1.60. The minimum atomic E-state index is -0.380. The van der Waals surface area contributed by atoms with Gasteiger partial charge < -0.3 is 19.0 Å². The van der Waals surface area contributed by atoms with E-state index in [-0.39, 0.29) is 23.7 Å². The minimum Gasteiger partial charge on any atom is -0.494 e. The molecule has 112 valence electrons. The summed E-state index contributed by atoms with van der Waals surface area (Å²) in [4.78, 5) is 3.10. The van der Waals surface area contributed by atoms with Crippen LogP contribution in [0.2, 0.25) is 0 Å². The highest BCUT2D eigenvalue weighted by Gasteiger charge is 2.42. The highest BCUT2D eigenvalue weighted by Crippen LogP contribution is 2.44. The number of benzene rings is 1. The van der Waals surface area contributed by atoms with Gasteiger partial charge in [-0.2, -0.15) is 0 Å². The third-order valence-electron chi connectivity index (χ3n) is 4.51. The van der Waals surface area contributed by atoms with Crippen molar-refractivity contribution in [3.05, 3.63) is 22.7 Å². The topological polar surface area (TPSA) is 39.2 Å². The summed E-state index contributed by atoms with van der Waals surface area (Å²) in [5.74, 6) is 0.508. The van der Waals surface area contributed by atoms with Gasteiger partial charge in [0.25, 0.3) is 0 Å². The van der Waals surface area contributed by atoms with Gasteiger partial charge in [0.15, 0.2) is 16.3 Å². The molecule has 0 amide bonds. The van der Waals surface area contributed by atoms with Gasteiger partial charge in [-0.1, -0.05) is 0 Å². The van der Waals surface area contributed by atoms with Gasteiger partial charge in [0.2, 0.25) is 0 Å². The van der Waals surface area contributed by atoms with Crippen molar-refractivity contribution >= 4 is 23.3 Å². The molecule has 2 heterocycles. The first-order chi connectivity index (χ1) is 10.2. The number of ether oxygens (including phenoxy) is 2. The van der Waals surface area contributed by atoms with E-state index < -0.39 is 0 Å². The summed E-state index contributed by atoms with van der Waals surface area (Å²) in [6.45, 7) is 0.763. The van der Waals surface area contributed by atoms with Gasteiger partial charge >= 0.3 is 0 Å². The van der Waals surface area contributed by atoms with Gasteiger partial charge in [-0.15, -0.1) is 0 Å². The number of halogens is 1. The van der Waals surface area contributed by atoms with Crippen LogP contribution in [0.1, 0.15) is 25.3 Å². The van der Waals surface area contributed by atoms with Gasteiger partial charge in [-0.3, -0.25) is 0 Å². The molecule has 21 heavy (non-hydrogen) atoms. The Hall–Kier alpha value is -1.40. The highest BCUT2D eigenvalue weighted by atomic mass is 32.1. The molecule has 2 unspecified atom stereocenters. The fourth-order valence-electron chi connectivity index (χ4n) is 3.36. The van der Waals surface area contributed by atoms with Crippen LogP contribution in [0.4, 0.5) is 4.39 Å². The molecule has 1 aliphatic heterocycles. The summed E-state index contributed by atoms with van der Waals surface area (Å²) in [7, 11) is 1.47. The molecular weight excluding hydrogens is 291 g/mol. The van der Waals surface area contributed by atoms with E-state index in [1.165, 1.54) is 26.0 Å². The number of aromatic nitrogens is 2. The molecule has 4 nitrogen and oxygen atoms in total. The zero-order valence-corrected chi connectivity index (χ0v) is 12.6. The van der Waals surface area contributed by atoms with Crippen molar-refractivity contribution in [3.8, 4) is 5.75 Å². The Morgan fingerprint density at radius 2 is 2.19 bits per heavy atom. The van der Waals surface area contributed by atoms with Gasteiger partial charge in [-0.05, 0) is 37.4 Å². The van der Waals surface area contributed by atoms with Crippen LogP contribution in [0.25, 0.3) is 11.0 Å². The Balaban J connectivity index is 1.87. The summed E-state index contributed by atoms with van der Waals surface area (Å²) >= 11 is 5.46. The van der Waals surface area contributed by atoms with E-state index in [1.54, 1.807) is 6.07 Å². The number of hydrogen-bond acceptors (Lipinski definition) is 3. The van der Waals surface area contributed by atoms with Crippen LogP contribution in [-0.2, 0) is 4.74 Å². The fraction of sp³-hybridized carbons (Fsp3) is 0.533. The molecule has 2 aliphatic rings. The molecule has 1 aliphatic carbocycles. The Morgan fingerprint density at radius 1 is 1.38 bits per heavy atom. The van der Waals surface area contributed by atoms with Gasteiger partial charge in [0, 0.05) is 18.7 Å². The third kappa shape index (κ3) is 2.08. The zero-order valence-electron chi connectivity index (χ0n) is 11.8. The van der Waals surface area contributed by atoms with Crippen LogP contribution in [0.15, 0.2) is 12.1 Å². The van der Waals surface area contributed by atoms with Crippen LogP contribution < -0.4 is 4.74 Å². The van der Waals surface area contributed by atoms with E-state index in [2.05, 4.69) is 9.55 Å². The van der Waals surface area contributed by atoms with Crippen molar-refractivity contribution < 1.29 is 13.9 Å². The Bertz CT molecular complexity index is 750. The molecule has 1 aromatic heterocycles. The van der Waals surface area contributed by atoms with Gasteiger partial charge in [0.1, 0.15) is 0 Å². The lowest BCUT2D eigenvalue weighted by molar-refractivity contribution is 0.0756. The maximum atomic E-state index is 13.8. The molecule has 1 N–H and O–H groups in total. The van der Waals surface area contributed by atoms with E-state index >= 15 is 0 Å². The monoisotopic (exact) mass is 308 g/mol. The Morgan fingerprint density at radius 3 is 2.90 bits per heavy atom. The molecule has 2 fully saturated rings. The first kappa shape index (κ1) is 13.3. The standard InChI is InChI=1S/C15H17FN2O2S/c1-19-13-7-12-10(6-9(13)16)17-15(21)18(12)11-4-5-20-14(11)8-2-3-8/h6-8,11,14H,2-5H2,1H3,(H,17,21). The lowest BCUT2D eigenvalue weighted by Gasteiger charge is -2.20. The number of aromatic amines is 1. The fourth-order valence-corrected chi connectivity index (χ4v) is 3.71. The maximum Gasteiger partial charge on any atom is 0.178 e. The van der Waals surface area contributed by atoms with Crippen LogP contribution in [-0.4, -0.2) is 29.4 Å². The van der Waals surface area contributed by atoms with E-state index in [0.717, 1.165) is 18.5 Å². The highest BCUT2D eigenvalue weighted by molar-refractivity contribution is 7.71. The normalized spacial score (nSPS) is 25.6. The molecule has 0 spiro atoms. The van der Waals surface area contributed by atoms with Crippen molar-refractivity contribution in [1.82, 2.24) is 9.55 Å². The minimum absolute atomic E-state index is 0.228. The van der Waals surface area contributed by atoms with E-state index in [0.29, 0.717) is 16.2 Å². The number of imidazole rings is 1. The molecule has 6 heteroatoms. The first-order valence-electron chi connectivity index (χ1n) is 7.28. The van der Waals surface area contributed by atoms with Crippen LogP contribution in [0, 0.1) is 16.5 Å². The maximum absolute atomic E-state index is 13.8. The van der Waals surface area contributed by atoms with Crippen LogP contribution in [0.5, 0.6) is 5.75 Å². The average molecular weight is 308 g/mol.